The van der Waals surface area contributed by atoms with Gasteiger partial charge in [0.1, 0.15) is 5.75 Å². The molecular weight excluding hydrogens is 324 g/mol. The zero-order chi connectivity index (χ0) is 17.1. The first kappa shape index (κ1) is 16.1. The molecule has 5 nitrogen and oxygen atoms in total. The van der Waals surface area contributed by atoms with Crippen molar-refractivity contribution < 1.29 is 14.6 Å². The number of hydrogen-bond acceptors (Lipinski definition) is 6. The van der Waals surface area contributed by atoms with Gasteiger partial charge in [0.25, 0.3) is 0 Å². The molecule has 0 atom stereocenters. The monoisotopic (exact) mass is 342 g/mol. The number of aromatic nitrogens is 1. The Morgan fingerprint density at radius 2 is 1.71 bits per heavy atom. The topological polar surface area (TPSA) is 54.8 Å². The van der Waals surface area contributed by atoms with Gasteiger partial charge in [0, 0.05) is 23.7 Å². The average molecular weight is 342 g/mol. The second-order valence-corrected chi connectivity index (χ2v) is 6.00. The zero-order valence-corrected chi connectivity index (χ0v) is 14.5. The van der Waals surface area contributed by atoms with Gasteiger partial charge >= 0.3 is 0 Å². The molecule has 1 aromatic heterocycles. The van der Waals surface area contributed by atoms with Gasteiger partial charge in [-0.1, -0.05) is 0 Å². The van der Waals surface area contributed by atoms with Crippen LogP contribution in [0.25, 0.3) is 11.3 Å². The van der Waals surface area contributed by atoms with Crippen molar-refractivity contribution in [1.29, 1.82) is 0 Å². The fraction of sp³-hybridized carbons (Fsp3) is 0.167. The van der Waals surface area contributed by atoms with E-state index in [-0.39, 0.29) is 5.75 Å². The summed E-state index contributed by atoms with van der Waals surface area (Å²) in [5.41, 5.74) is 2.80. The fourth-order valence-corrected chi connectivity index (χ4v) is 3.15. The van der Waals surface area contributed by atoms with Crippen LogP contribution < -0.4 is 14.4 Å². The number of ether oxygens (including phenoxy) is 2. The molecule has 3 aromatic rings. The number of anilines is 2. The smallest absolute Gasteiger partial charge is 0.190 e. The summed E-state index contributed by atoms with van der Waals surface area (Å²) in [6, 6.07) is 12.8. The summed E-state index contributed by atoms with van der Waals surface area (Å²) in [7, 11) is 5.18. The minimum atomic E-state index is 0.248. The summed E-state index contributed by atoms with van der Waals surface area (Å²) in [6.45, 7) is 0. The highest BCUT2D eigenvalue weighted by atomic mass is 32.1. The highest BCUT2D eigenvalue weighted by molar-refractivity contribution is 7.14. The highest BCUT2D eigenvalue weighted by Gasteiger charge is 2.12. The second-order valence-electron chi connectivity index (χ2n) is 5.16. The van der Waals surface area contributed by atoms with E-state index in [4.69, 9.17) is 14.5 Å². The van der Waals surface area contributed by atoms with Crippen molar-refractivity contribution in [3.63, 3.8) is 0 Å². The van der Waals surface area contributed by atoms with Crippen molar-refractivity contribution in [2.75, 3.05) is 26.2 Å². The summed E-state index contributed by atoms with van der Waals surface area (Å²) in [6.07, 6.45) is 0. The quantitative estimate of drug-likeness (QED) is 0.749. The number of benzene rings is 2. The largest absolute Gasteiger partial charge is 0.508 e. The van der Waals surface area contributed by atoms with E-state index in [2.05, 4.69) is 0 Å². The Balaban J connectivity index is 1.89. The van der Waals surface area contributed by atoms with Gasteiger partial charge in [0.2, 0.25) is 0 Å². The highest BCUT2D eigenvalue weighted by Crippen LogP contribution is 2.35. The molecule has 1 N–H and O–H groups in total. The van der Waals surface area contributed by atoms with E-state index in [1.165, 1.54) is 0 Å². The number of phenols is 1. The van der Waals surface area contributed by atoms with Crippen LogP contribution in [-0.2, 0) is 0 Å². The van der Waals surface area contributed by atoms with Crippen molar-refractivity contribution in [3.8, 4) is 28.5 Å². The minimum absolute atomic E-state index is 0.248. The van der Waals surface area contributed by atoms with E-state index in [1.54, 1.807) is 37.7 Å². The summed E-state index contributed by atoms with van der Waals surface area (Å²) in [5, 5.41) is 12.3. The van der Waals surface area contributed by atoms with E-state index in [9.17, 15) is 5.11 Å². The SMILES string of the molecule is COc1ccc(-c2csc(N(C)c3ccc(O)cc3)n2)cc1OC. The Labute approximate surface area is 144 Å². The number of rotatable bonds is 5. The third-order valence-electron chi connectivity index (χ3n) is 3.70. The van der Waals surface area contributed by atoms with Crippen LogP contribution in [0.2, 0.25) is 0 Å². The molecule has 0 radical (unpaired) electrons. The van der Waals surface area contributed by atoms with Gasteiger partial charge < -0.3 is 19.5 Å². The fourth-order valence-electron chi connectivity index (χ4n) is 2.33. The van der Waals surface area contributed by atoms with Crippen LogP contribution in [-0.4, -0.2) is 31.4 Å². The van der Waals surface area contributed by atoms with Crippen LogP contribution in [0.4, 0.5) is 10.8 Å². The molecule has 0 bridgehead atoms. The first-order valence-electron chi connectivity index (χ1n) is 7.33. The van der Waals surface area contributed by atoms with Gasteiger partial charge in [-0.25, -0.2) is 4.98 Å². The van der Waals surface area contributed by atoms with Crippen LogP contribution >= 0.6 is 11.3 Å². The Morgan fingerprint density at radius 3 is 2.38 bits per heavy atom. The van der Waals surface area contributed by atoms with Crippen LogP contribution in [0.1, 0.15) is 0 Å². The minimum Gasteiger partial charge on any atom is -0.508 e. The molecule has 1 heterocycles. The van der Waals surface area contributed by atoms with E-state index in [1.807, 2.05) is 47.7 Å². The number of thiazole rings is 1. The lowest BCUT2D eigenvalue weighted by Gasteiger charge is -2.15. The molecule has 0 unspecified atom stereocenters. The van der Waals surface area contributed by atoms with Gasteiger partial charge in [0.05, 0.1) is 19.9 Å². The molecule has 24 heavy (non-hydrogen) atoms. The Kier molecular flexibility index (Phi) is 4.57. The van der Waals surface area contributed by atoms with E-state index >= 15 is 0 Å². The van der Waals surface area contributed by atoms with Crippen LogP contribution in [0.5, 0.6) is 17.2 Å². The normalized spacial score (nSPS) is 10.5. The molecule has 3 rings (SSSR count). The van der Waals surface area contributed by atoms with Gasteiger partial charge in [-0.05, 0) is 42.5 Å². The van der Waals surface area contributed by atoms with Crippen molar-refractivity contribution in [3.05, 3.63) is 47.8 Å². The molecule has 0 aliphatic rings. The molecule has 0 fully saturated rings. The number of phenolic OH excluding ortho intramolecular Hbond substituents is 1. The zero-order valence-electron chi connectivity index (χ0n) is 13.7. The van der Waals surface area contributed by atoms with Crippen molar-refractivity contribution in [2.24, 2.45) is 0 Å². The number of methoxy groups -OCH3 is 2. The molecule has 0 amide bonds. The van der Waals surface area contributed by atoms with E-state index in [0.717, 1.165) is 22.1 Å². The maximum atomic E-state index is 9.40. The summed E-state index contributed by atoms with van der Waals surface area (Å²) in [5.74, 6) is 1.62. The van der Waals surface area contributed by atoms with Gasteiger partial charge in [-0.2, -0.15) is 0 Å². The Bertz CT molecular complexity index is 831. The molecule has 0 spiro atoms. The first-order chi connectivity index (χ1) is 11.6. The van der Waals surface area contributed by atoms with Crippen molar-refractivity contribution in [2.45, 2.75) is 0 Å². The lowest BCUT2D eigenvalue weighted by molar-refractivity contribution is 0.355. The molecule has 2 aromatic carbocycles. The average Bonchev–Trinajstić information content (AvgIpc) is 3.11. The molecule has 0 aliphatic heterocycles. The lowest BCUT2D eigenvalue weighted by atomic mass is 10.1. The molecule has 124 valence electrons. The number of hydrogen-bond donors (Lipinski definition) is 1. The standard InChI is InChI=1S/C18H18N2O3S/c1-20(13-5-7-14(21)8-6-13)18-19-15(11-24-18)12-4-9-16(22-2)17(10-12)23-3/h4-11,21H,1-3H3. The van der Waals surface area contributed by atoms with Gasteiger partial charge in [0.15, 0.2) is 16.6 Å². The maximum absolute atomic E-state index is 9.40. The van der Waals surface area contributed by atoms with Gasteiger partial charge in [-0.15, -0.1) is 11.3 Å². The summed E-state index contributed by atoms with van der Waals surface area (Å²) in [4.78, 5) is 6.68. The molecule has 0 saturated carbocycles. The van der Waals surface area contributed by atoms with Crippen LogP contribution in [0.3, 0.4) is 0 Å². The lowest BCUT2D eigenvalue weighted by Crippen LogP contribution is -2.08. The molecular formula is C18H18N2O3S. The van der Waals surface area contributed by atoms with Crippen LogP contribution in [0.15, 0.2) is 47.8 Å². The van der Waals surface area contributed by atoms with Crippen molar-refractivity contribution in [1.82, 2.24) is 4.98 Å². The predicted molar refractivity (Wildman–Crippen MR) is 96.8 cm³/mol. The number of aromatic hydroxyl groups is 1. The maximum Gasteiger partial charge on any atom is 0.190 e. The van der Waals surface area contributed by atoms with Crippen LogP contribution in [0, 0.1) is 0 Å². The molecule has 0 aliphatic carbocycles. The Morgan fingerprint density at radius 1 is 1.00 bits per heavy atom. The summed E-state index contributed by atoms with van der Waals surface area (Å²) < 4.78 is 10.6. The predicted octanol–water partition coefficient (Wildman–Crippen LogP) is 4.30. The second kappa shape index (κ2) is 6.80. The third-order valence-corrected chi connectivity index (χ3v) is 4.61. The summed E-state index contributed by atoms with van der Waals surface area (Å²) >= 11 is 1.56. The molecule has 6 heteroatoms. The Hall–Kier alpha value is -2.73. The molecule has 0 saturated heterocycles. The van der Waals surface area contributed by atoms with Crippen molar-refractivity contribution >= 4 is 22.2 Å². The van der Waals surface area contributed by atoms with E-state index < -0.39 is 0 Å². The number of nitrogens with zero attached hydrogens (tertiary/aromatic N) is 2. The first-order valence-corrected chi connectivity index (χ1v) is 8.21. The van der Waals surface area contributed by atoms with Gasteiger partial charge in [-0.3, -0.25) is 0 Å². The third kappa shape index (κ3) is 3.14. The van der Waals surface area contributed by atoms with E-state index in [0.29, 0.717) is 11.5 Å².